The summed E-state index contributed by atoms with van der Waals surface area (Å²) in [4.78, 5) is 0. The van der Waals surface area contributed by atoms with Crippen molar-refractivity contribution in [1.29, 1.82) is 0 Å². The first-order valence-electron chi connectivity index (χ1n) is 8.89. The lowest BCUT2D eigenvalue weighted by Crippen LogP contribution is -1.96. The van der Waals surface area contributed by atoms with E-state index in [9.17, 15) is 0 Å². The van der Waals surface area contributed by atoms with Crippen LogP contribution in [0.3, 0.4) is 0 Å². The van der Waals surface area contributed by atoms with E-state index in [0.29, 0.717) is 0 Å². The number of benzene rings is 3. The predicted molar refractivity (Wildman–Crippen MR) is 109 cm³/mol. The number of hydrogen-bond acceptors (Lipinski definition) is 0. The van der Waals surface area contributed by atoms with Gasteiger partial charge in [-0.2, -0.15) is 0 Å². The van der Waals surface area contributed by atoms with Gasteiger partial charge in [-0.15, -0.1) is 0 Å². The molecule has 0 aliphatic rings. The molecular formula is C25H21O+. The van der Waals surface area contributed by atoms with Crippen LogP contribution >= 0.6 is 0 Å². The van der Waals surface area contributed by atoms with Crippen LogP contribution in [0.2, 0.25) is 0 Å². The molecule has 0 saturated carbocycles. The van der Waals surface area contributed by atoms with Crippen molar-refractivity contribution in [3.63, 3.8) is 0 Å². The minimum absolute atomic E-state index is 0.925. The van der Waals surface area contributed by atoms with E-state index in [0.717, 1.165) is 22.6 Å². The van der Waals surface area contributed by atoms with E-state index in [1.54, 1.807) is 0 Å². The van der Waals surface area contributed by atoms with Crippen LogP contribution in [0.4, 0.5) is 0 Å². The van der Waals surface area contributed by atoms with Gasteiger partial charge in [0.2, 0.25) is 0 Å². The lowest BCUT2D eigenvalue weighted by Gasteiger charge is -2.10. The zero-order valence-corrected chi connectivity index (χ0v) is 15.1. The molecule has 0 atom stereocenters. The maximum absolute atomic E-state index is 6.47. The highest BCUT2D eigenvalue weighted by Gasteiger charge is 2.28. The van der Waals surface area contributed by atoms with Crippen molar-refractivity contribution in [3.8, 4) is 33.8 Å². The Morgan fingerprint density at radius 3 is 1.19 bits per heavy atom. The van der Waals surface area contributed by atoms with Gasteiger partial charge in [-0.05, 0) is 43.7 Å². The lowest BCUT2D eigenvalue weighted by molar-refractivity contribution is 0.574. The molecule has 0 unspecified atom stereocenters. The van der Waals surface area contributed by atoms with Crippen LogP contribution in [0, 0.1) is 13.8 Å². The Kier molecular flexibility index (Phi) is 4.37. The van der Waals surface area contributed by atoms with E-state index in [2.05, 4.69) is 92.7 Å². The molecule has 1 heterocycles. The minimum atomic E-state index is 0.925. The van der Waals surface area contributed by atoms with Crippen LogP contribution in [0.1, 0.15) is 11.1 Å². The van der Waals surface area contributed by atoms with Crippen LogP contribution < -0.4 is 0 Å². The molecule has 1 heteroatoms. The van der Waals surface area contributed by atoms with E-state index < -0.39 is 0 Å². The molecule has 0 amide bonds. The second-order valence-electron chi connectivity index (χ2n) is 6.48. The molecular weight excluding hydrogens is 316 g/mol. The highest BCUT2D eigenvalue weighted by Crippen LogP contribution is 2.40. The molecule has 0 aliphatic carbocycles. The molecule has 4 aromatic rings. The SMILES string of the molecule is Cc1c(-c2ccccc2)[o+]c(-c2ccccc2)c(C)c1-c1ccccc1. The fourth-order valence-corrected chi connectivity index (χ4v) is 3.53. The molecule has 126 valence electrons. The second kappa shape index (κ2) is 6.97. The molecule has 0 fully saturated rings. The zero-order chi connectivity index (χ0) is 17.9. The highest BCUT2D eigenvalue weighted by atomic mass is 16.3. The van der Waals surface area contributed by atoms with Crippen molar-refractivity contribution >= 4 is 0 Å². The minimum Gasteiger partial charge on any atom is -0.206 e. The Labute approximate surface area is 154 Å². The normalized spacial score (nSPS) is 10.7. The fraction of sp³-hybridized carbons (Fsp3) is 0.0800. The summed E-state index contributed by atoms with van der Waals surface area (Å²) in [6, 6.07) is 31.2. The summed E-state index contributed by atoms with van der Waals surface area (Å²) < 4.78 is 6.47. The summed E-state index contributed by atoms with van der Waals surface area (Å²) in [6.07, 6.45) is 0. The van der Waals surface area contributed by atoms with Gasteiger partial charge in [0.1, 0.15) is 0 Å². The van der Waals surface area contributed by atoms with Gasteiger partial charge in [0, 0.05) is 5.56 Å². The van der Waals surface area contributed by atoms with Crippen LogP contribution in [-0.4, -0.2) is 0 Å². The molecule has 1 aromatic heterocycles. The second-order valence-corrected chi connectivity index (χ2v) is 6.48. The summed E-state index contributed by atoms with van der Waals surface area (Å²) in [5.74, 6) is 1.85. The zero-order valence-electron chi connectivity index (χ0n) is 15.1. The summed E-state index contributed by atoms with van der Waals surface area (Å²) >= 11 is 0. The predicted octanol–water partition coefficient (Wildman–Crippen LogP) is 7.18. The summed E-state index contributed by atoms with van der Waals surface area (Å²) in [5.41, 5.74) is 6.99. The fourth-order valence-electron chi connectivity index (χ4n) is 3.53. The molecule has 0 bridgehead atoms. The van der Waals surface area contributed by atoms with Crippen LogP contribution in [0.5, 0.6) is 0 Å². The summed E-state index contributed by atoms with van der Waals surface area (Å²) in [5, 5.41) is 0. The van der Waals surface area contributed by atoms with E-state index in [1.165, 1.54) is 22.3 Å². The molecule has 0 radical (unpaired) electrons. The number of hydrogen-bond donors (Lipinski definition) is 0. The molecule has 0 spiro atoms. The third kappa shape index (κ3) is 2.93. The molecule has 1 nitrogen and oxygen atoms in total. The maximum Gasteiger partial charge on any atom is 0.364 e. The van der Waals surface area contributed by atoms with Crippen LogP contribution in [0.15, 0.2) is 95.4 Å². The average molecular weight is 337 g/mol. The smallest absolute Gasteiger partial charge is 0.206 e. The Morgan fingerprint density at radius 2 is 0.808 bits per heavy atom. The van der Waals surface area contributed by atoms with Gasteiger partial charge >= 0.3 is 11.5 Å². The molecule has 0 saturated heterocycles. The monoisotopic (exact) mass is 337 g/mol. The maximum atomic E-state index is 6.47. The van der Waals surface area contributed by atoms with Crippen molar-refractivity contribution in [3.05, 3.63) is 102 Å². The first-order chi connectivity index (χ1) is 12.8. The molecule has 3 aromatic carbocycles. The largest absolute Gasteiger partial charge is 0.364 e. The lowest BCUT2D eigenvalue weighted by atomic mass is 9.92. The van der Waals surface area contributed by atoms with Crippen molar-refractivity contribution in [2.45, 2.75) is 13.8 Å². The molecule has 0 aliphatic heterocycles. The highest BCUT2D eigenvalue weighted by molar-refractivity contribution is 5.82. The Balaban J connectivity index is 2.05. The van der Waals surface area contributed by atoms with Gasteiger partial charge in [0.15, 0.2) is 0 Å². The van der Waals surface area contributed by atoms with E-state index in [4.69, 9.17) is 4.42 Å². The average Bonchev–Trinajstić information content (AvgIpc) is 2.70. The quantitative estimate of drug-likeness (QED) is 0.360. The first-order valence-corrected chi connectivity index (χ1v) is 8.89. The molecule has 0 N–H and O–H groups in total. The van der Waals surface area contributed by atoms with Gasteiger partial charge in [-0.25, -0.2) is 4.42 Å². The topological polar surface area (TPSA) is 11.3 Å². The Morgan fingerprint density at radius 1 is 0.462 bits per heavy atom. The van der Waals surface area contributed by atoms with Gasteiger partial charge in [-0.3, -0.25) is 0 Å². The van der Waals surface area contributed by atoms with Gasteiger partial charge < -0.3 is 0 Å². The van der Waals surface area contributed by atoms with Crippen LogP contribution in [-0.2, 0) is 0 Å². The molecule has 4 rings (SSSR count). The molecule has 26 heavy (non-hydrogen) atoms. The third-order valence-electron chi connectivity index (χ3n) is 4.77. The van der Waals surface area contributed by atoms with Crippen molar-refractivity contribution < 1.29 is 4.42 Å². The Hall–Kier alpha value is -3.19. The van der Waals surface area contributed by atoms with E-state index >= 15 is 0 Å². The first kappa shape index (κ1) is 16.3. The van der Waals surface area contributed by atoms with E-state index in [-0.39, 0.29) is 0 Å². The third-order valence-corrected chi connectivity index (χ3v) is 4.77. The van der Waals surface area contributed by atoms with Crippen molar-refractivity contribution in [1.82, 2.24) is 0 Å². The van der Waals surface area contributed by atoms with E-state index in [1.807, 2.05) is 12.1 Å². The van der Waals surface area contributed by atoms with Gasteiger partial charge in [0.25, 0.3) is 0 Å². The van der Waals surface area contributed by atoms with Gasteiger partial charge in [-0.1, -0.05) is 66.7 Å². The Bertz CT molecular complexity index is 956. The standard InChI is InChI=1S/C25H21O/c1-18-23(20-12-6-3-7-13-20)19(2)25(22-16-10-5-11-17-22)26-24(18)21-14-8-4-9-15-21/h3-17H,1-2H3/q+1. The van der Waals surface area contributed by atoms with Crippen LogP contribution in [0.25, 0.3) is 33.8 Å². The van der Waals surface area contributed by atoms with Crippen molar-refractivity contribution in [2.24, 2.45) is 0 Å². The number of rotatable bonds is 3. The van der Waals surface area contributed by atoms with Gasteiger partial charge in [0.05, 0.1) is 22.3 Å². The van der Waals surface area contributed by atoms with Crippen molar-refractivity contribution in [2.75, 3.05) is 0 Å². The summed E-state index contributed by atoms with van der Waals surface area (Å²) in [7, 11) is 0. The summed E-state index contributed by atoms with van der Waals surface area (Å²) in [6.45, 7) is 4.30.